The molecule has 1 fully saturated rings. The second kappa shape index (κ2) is 8.31. The Kier molecular flexibility index (Phi) is 5.32. The van der Waals surface area contributed by atoms with Gasteiger partial charge in [0, 0.05) is 55.9 Å². The molecule has 7 nitrogen and oxygen atoms in total. The molecule has 0 unspecified atom stereocenters. The number of nitrogens with zero attached hydrogens (tertiary/aromatic N) is 3. The first-order valence-electron chi connectivity index (χ1n) is 10.6. The number of carbonyl (C=O) groups excluding carboxylic acids is 2. The van der Waals surface area contributed by atoms with Crippen LogP contribution < -0.4 is 9.47 Å². The highest BCUT2D eigenvalue weighted by atomic mass is 19.1. The van der Waals surface area contributed by atoms with E-state index in [9.17, 15) is 18.4 Å². The van der Waals surface area contributed by atoms with Gasteiger partial charge in [0.15, 0.2) is 17.3 Å². The number of likely N-dealkylation sites (tertiary alicyclic amines) is 1. The number of aryl methyl sites for hydroxylation is 1. The third kappa shape index (κ3) is 4.18. The monoisotopic (exact) mass is 453 g/mol. The van der Waals surface area contributed by atoms with E-state index in [0.29, 0.717) is 35.7 Å². The molecule has 2 aliphatic rings. The number of carbonyl (C=O) groups is 2. The Morgan fingerprint density at radius 1 is 1.18 bits per heavy atom. The summed E-state index contributed by atoms with van der Waals surface area (Å²) in [5, 5.41) is 4.25. The van der Waals surface area contributed by atoms with Crippen LogP contribution in [0.4, 0.5) is 8.78 Å². The summed E-state index contributed by atoms with van der Waals surface area (Å²) in [7, 11) is 1.79. The van der Waals surface area contributed by atoms with Crippen molar-refractivity contribution in [2.24, 2.45) is 13.0 Å². The van der Waals surface area contributed by atoms with Crippen LogP contribution in [0.3, 0.4) is 0 Å². The molecule has 0 spiro atoms. The molecule has 0 atom stereocenters. The van der Waals surface area contributed by atoms with Crippen LogP contribution in [0.2, 0.25) is 0 Å². The number of ketones is 1. The summed E-state index contributed by atoms with van der Waals surface area (Å²) in [6.45, 7) is 0.898. The van der Waals surface area contributed by atoms with Gasteiger partial charge in [-0.15, -0.1) is 0 Å². The van der Waals surface area contributed by atoms with Crippen molar-refractivity contribution >= 4 is 11.7 Å². The number of aromatic nitrogens is 2. The fourth-order valence-corrected chi connectivity index (χ4v) is 4.02. The van der Waals surface area contributed by atoms with Crippen LogP contribution in [0.5, 0.6) is 11.5 Å². The van der Waals surface area contributed by atoms with Gasteiger partial charge in [0.2, 0.25) is 0 Å². The number of amides is 1. The fourth-order valence-electron chi connectivity index (χ4n) is 4.02. The molecular formula is C24H21F2N3O4. The van der Waals surface area contributed by atoms with E-state index in [2.05, 4.69) is 5.10 Å². The predicted molar refractivity (Wildman–Crippen MR) is 114 cm³/mol. The molecule has 0 radical (unpaired) electrons. The topological polar surface area (TPSA) is 73.7 Å². The summed E-state index contributed by atoms with van der Waals surface area (Å²) in [6.07, 6.45) is 1.90. The lowest BCUT2D eigenvalue weighted by molar-refractivity contribution is -0.121. The minimum absolute atomic E-state index is 0.00872. The van der Waals surface area contributed by atoms with E-state index >= 15 is 0 Å². The minimum Gasteiger partial charge on any atom is -0.490 e. The van der Waals surface area contributed by atoms with Gasteiger partial charge in [-0.2, -0.15) is 5.10 Å². The smallest absolute Gasteiger partial charge is 0.256 e. The highest BCUT2D eigenvalue weighted by molar-refractivity contribution is 5.96. The number of ether oxygens (including phenoxy) is 2. The van der Waals surface area contributed by atoms with Crippen molar-refractivity contribution in [3.63, 3.8) is 0 Å². The van der Waals surface area contributed by atoms with E-state index in [-0.39, 0.29) is 42.6 Å². The minimum atomic E-state index is -0.678. The van der Waals surface area contributed by atoms with Crippen molar-refractivity contribution in [3.8, 4) is 22.8 Å². The van der Waals surface area contributed by atoms with Crippen LogP contribution >= 0.6 is 0 Å². The molecule has 9 heteroatoms. The highest BCUT2D eigenvalue weighted by Gasteiger charge is 2.34. The van der Waals surface area contributed by atoms with Gasteiger partial charge < -0.3 is 14.4 Å². The van der Waals surface area contributed by atoms with Gasteiger partial charge in [0.25, 0.3) is 5.91 Å². The maximum absolute atomic E-state index is 14.5. The van der Waals surface area contributed by atoms with Crippen molar-refractivity contribution < 1.29 is 27.8 Å². The van der Waals surface area contributed by atoms with Gasteiger partial charge in [-0.1, -0.05) is 0 Å². The summed E-state index contributed by atoms with van der Waals surface area (Å²) in [6, 6.07) is 9.03. The number of fused-ring (bicyclic) bond motifs is 1. The average Bonchev–Trinajstić information content (AvgIpc) is 3.19. The highest BCUT2D eigenvalue weighted by Crippen LogP contribution is 2.30. The molecule has 3 aromatic rings. The second-order valence-corrected chi connectivity index (χ2v) is 8.35. The first kappa shape index (κ1) is 21.1. The molecule has 0 aliphatic carbocycles. The SMILES string of the molecule is Cn1ccc(-c2ccc(OCC3CN(C(=O)c4cc5c(cc4F)OCC(=O)C5)C3)c(F)c2)n1. The molecule has 2 aliphatic heterocycles. The van der Waals surface area contributed by atoms with Gasteiger partial charge in [-0.3, -0.25) is 14.3 Å². The lowest BCUT2D eigenvalue weighted by Gasteiger charge is -2.39. The standard InChI is InChI=1S/C24H21F2N3O4/c1-28-5-4-21(27-28)15-2-3-22(20(26)8-15)32-12-14-10-29(11-14)24(31)18-7-16-6-17(30)13-33-23(16)9-19(18)25/h2-5,7-9,14H,6,10-13H2,1H3. The quantitative estimate of drug-likeness (QED) is 0.594. The molecule has 1 saturated heterocycles. The van der Waals surface area contributed by atoms with Gasteiger partial charge in [-0.05, 0) is 30.3 Å². The molecule has 0 N–H and O–H groups in total. The van der Waals surface area contributed by atoms with E-state index in [4.69, 9.17) is 9.47 Å². The Morgan fingerprint density at radius 3 is 2.73 bits per heavy atom. The summed E-state index contributed by atoms with van der Waals surface area (Å²) < 4.78 is 41.4. The van der Waals surface area contributed by atoms with Crippen molar-refractivity contribution in [1.82, 2.24) is 14.7 Å². The van der Waals surface area contributed by atoms with Crippen LogP contribution in [0.25, 0.3) is 11.3 Å². The van der Waals surface area contributed by atoms with Crippen LogP contribution in [0, 0.1) is 17.6 Å². The van der Waals surface area contributed by atoms with Crippen molar-refractivity contribution in [3.05, 3.63) is 65.4 Å². The maximum Gasteiger partial charge on any atom is 0.256 e. The van der Waals surface area contributed by atoms with Crippen LogP contribution in [0.1, 0.15) is 15.9 Å². The van der Waals surface area contributed by atoms with Gasteiger partial charge in [-0.25, -0.2) is 8.78 Å². The second-order valence-electron chi connectivity index (χ2n) is 8.35. The number of halogens is 2. The largest absolute Gasteiger partial charge is 0.490 e. The normalized spacial score (nSPS) is 15.6. The number of rotatable bonds is 5. The van der Waals surface area contributed by atoms with E-state index < -0.39 is 17.5 Å². The number of hydrogen-bond donors (Lipinski definition) is 0. The first-order chi connectivity index (χ1) is 15.9. The Bertz CT molecular complexity index is 1250. The van der Waals surface area contributed by atoms with Gasteiger partial charge in [0.05, 0.1) is 17.9 Å². The Morgan fingerprint density at radius 2 is 2.00 bits per heavy atom. The van der Waals surface area contributed by atoms with E-state index in [0.717, 1.165) is 6.07 Å². The van der Waals surface area contributed by atoms with Crippen LogP contribution in [0.15, 0.2) is 42.6 Å². The lowest BCUT2D eigenvalue weighted by atomic mass is 9.97. The van der Waals surface area contributed by atoms with Gasteiger partial charge in [0.1, 0.15) is 18.2 Å². The van der Waals surface area contributed by atoms with Crippen LogP contribution in [-0.4, -0.2) is 52.7 Å². The molecule has 1 amide bonds. The molecular weight excluding hydrogens is 432 g/mol. The molecule has 33 heavy (non-hydrogen) atoms. The Labute approximate surface area is 188 Å². The predicted octanol–water partition coefficient (Wildman–Crippen LogP) is 3.02. The summed E-state index contributed by atoms with van der Waals surface area (Å²) in [5.41, 5.74) is 1.75. The van der Waals surface area contributed by atoms with E-state index in [1.165, 1.54) is 17.0 Å². The van der Waals surface area contributed by atoms with E-state index in [1.807, 2.05) is 0 Å². The van der Waals surface area contributed by atoms with Crippen LogP contribution in [-0.2, 0) is 18.3 Å². The lowest BCUT2D eigenvalue weighted by Crippen LogP contribution is -2.52. The number of hydrogen-bond acceptors (Lipinski definition) is 5. The maximum atomic E-state index is 14.5. The van der Waals surface area contributed by atoms with E-state index in [1.54, 1.807) is 36.1 Å². The molecule has 170 valence electrons. The third-order valence-corrected chi connectivity index (χ3v) is 5.82. The number of Topliss-reactive ketones (excluding diaryl/α,β-unsaturated/α-hetero) is 1. The van der Waals surface area contributed by atoms with Crippen molar-refractivity contribution in [2.45, 2.75) is 6.42 Å². The average molecular weight is 453 g/mol. The van der Waals surface area contributed by atoms with Crippen molar-refractivity contribution in [2.75, 3.05) is 26.3 Å². The zero-order valence-electron chi connectivity index (χ0n) is 17.9. The third-order valence-electron chi connectivity index (χ3n) is 5.82. The fraction of sp³-hybridized carbons (Fsp3) is 0.292. The molecule has 5 rings (SSSR count). The molecule has 1 aromatic heterocycles. The molecule has 0 bridgehead atoms. The first-order valence-corrected chi connectivity index (χ1v) is 10.6. The zero-order chi connectivity index (χ0) is 23.1. The van der Waals surface area contributed by atoms with Crippen molar-refractivity contribution in [1.29, 1.82) is 0 Å². The number of benzene rings is 2. The molecule has 3 heterocycles. The van der Waals surface area contributed by atoms with Gasteiger partial charge >= 0.3 is 0 Å². The Hall–Kier alpha value is -3.75. The summed E-state index contributed by atoms with van der Waals surface area (Å²) in [5.74, 6) is -1.29. The zero-order valence-corrected chi connectivity index (χ0v) is 17.9. The summed E-state index contributed by atoms with van der Waals surface area (Å²) >= 11 is 0. The molecule has 0 saturated carbocycles. The molecule has 2 aromatic carbocycles. The Balaban J connectivity index is 1.17. The summed E-state index contributed by atoms with van der Waals surface area (Å²) in [4.78, 5) is 25.8.